The Morgan fingerprint density at radius 2 is 1.06 bits per heavy atom. The third-order valence-corrected chi connectivity index (χ3v) is 6.12. The van der Waals surface area contributed by atoms with E-state index >= 15 is 0 Å². The summed E-state index contributed by atoms with van der Waals surface area (Å²) in [5.74, 6) is 0. The highest BCUT2D eigenvalue weighted by atomic mass is 16.6. The molecule has 178 valence electrons. The molecule has 1 heterocycles. The first-order valence-corrected chi connectivity index (χ1v) is 12.0. The van der Waals surface area contributed by atoms with Crippen molar-refractivity contribution in [1.82, 2.24) is 0 Å². The molecule has 4 heteroatoms. The summed E-state index contributed by atoms with van der Waals surface area (Å²) in [6, 6.07) is 30.6. The van der Waals surface area contributed by atoms with Gasteiger partial charge in [0.2, 0.25) is 0 Å². The summed E-state index contributed by atoms with van der Waals surface area (Å²) in [7, 11) is 0. The van der Waals surface area contributed by atoms with Crippen LogP contribution in [0.5, 0.6) is 0 Å². The van der Waals surface area contributed by atoms with Gasteiger partial charge in [-0.25, -0.2) is 0 Å². The molecule has 0 aromatic heterocycles. The first-order valence-electron chi connectivity index (χ1n) is 12.0. The standard InChI is InChI=1S/C30H34O4/c1-3-13-27-29(32-21-25-16-9-5-10-17-25)30(33-22-26-18-11-6-12-19-26)28(23(2)34-27)31-20-24-14-7-4-8-15-24/h3-12,14-19,23,27-30H,1,13,20-22H2,2H3/t23-,27-,28-,29-,30+/m0/s1. The van der Waals surface area contributed by atoms with Gasteiger partial charge in [0.05, 0.1) is 32.0 Å². The van der Waals surface area contributed by atoms with Gasteiger partial charge in [-0.3, -0.25) is 0 Å². The largest absolute Gasteiger partial charge is 0.369 e. The highest BCUT2D eigenvalue weighted by Crippen LogP contribution is 2.31. The van der Waals surface area contributed by atoms with Crippen LogP contribution in [-0.2, 0) is 38.8 Å². The summed E-state index contributed by atoms with van der Waals surface area (Å²) in [4.78, 5) is 0. The smallest absolute Gasteiger partial charge is 0.115 e. The molecule has 0 saturated carbocycles. The molecule has 1 aliphatic rings. The quantitative estimate of drug-likeness (QED) is 0.325. The predicted octanol–water partition coefficient (Wildman–Crippen LogP) is 6.11. The van der Waals surface area contributed by atoms with E-state index in [-0.39, 0.29) is 30.5 Å². The minimum absolute atomic E-state index is 0.147. The van der Waals surface area contributed by atoms with Crippen LogP contribution in [0, 0.1) is 0 Å². The molecule has 0 N–H and O–H groups in total. The molecule has 3 aromatic rings. The van der Waals surface area contributed by atoms with Crippen molar-refractivity contribution in [2.75, 3.05) is 0 Å². The molecular weight excluding hydrogens is 424 g/mol. The average Bonchev–Trinajstić information content (AvgIpc) is 2.88. The van der Waals surface area contributed by atoms with Gasteiger partial charge in [-0.05, 0) is 30.0 Å². The molecule has 0 bridgehead atoms. The van der Waals surface area contributed by atoms with Gasteiger partial charge < -0.3 is 18.9 Å². The number of ether oxygens (including phenoxy) is 4. The van der Waals surface area contributed by atoms with Crippen molar-refractivity contribution in [1.29, 1.82) is 0 Å². The SMILES string of the molecule is C=CC[C@@H]1O[C@@H](C)[C@H](OCc2ccccc2)[C@@H](OCc2ccccc2)[C@H]1OCc1ccccc1. The molecule has 1 aliphatic heterocycles. The van der Waals surface area contributed by atoms with Crippen LogP contribution in [0.3, 0.4) is 0 Å². The molecule has 34 heavy (non-hydrogen) atoms. The third-order valence-electron chi connectivity index (χ3n) is 6.12. The zero-order valence-corrected chi connectivity index (χ0v) is 19.8. The van der Waals surface area contributed by atoms with E-state index in [2.05, 4.69) is 49.9 Å². The molecule has 0 radical (unpaired) electrons. The van der Waals surface area contributed by atoms with Crippen LogP contribution in [0.25, 0.3) is 0 Å². The van der Waals surface area contributed by atoms with Gasteiger partial charge in [0.25, 0.3) is 0 Å². The molecule has 1 fully saturated rings. The van der Waals surface area contributed by atoms with Crippen LogP contribution in [0.4, 0.5) is 0 Å². The summed E-state index contributed by atoms with van der Waals surface area (Å²) >= 11 is 0. The van der Waals surface area contributed by atoms with Crippen LogP contribution in [0.1, 0.15) is 30.0 Å². The number of benzene rings is 3. The van der Waals surface area contributed by atoms with E-state index < -0.39 is 0 Å². The first kappa shape index (κ1) is 24.4. The highest BCUT2D eigenvalue weighted by Gasteiger charge is 2.46. The van der Waals surface area contributed by atoms with Gasteiger partial charge in [-0.2, -0.15) is 0 Å². The van der Waals surface area contributed by atoms with E-state index in [0.717, 1.165) is 16.7 Å². The molecule has 0 spiro atoms. The average molecular weight is 459 g/mol. The monoisotopic (exact) mass is 458 g/mol. The fourth-order valence-corrected chi connectivity index (χ4v) is 4.37. The predicted molar refractivity (Wildman–Crippen MR) is 134 cm³/mol. The van der Waals surface area contributed by atoms with E-state index in [1.807, 2.05) is 60.7 Å². The lowest BCUT2D eigenvalue weighted by Gasteiger charge is -2.45. The lowest BCUT2D eigenvalue weighted by molar-refractivity contribution is -0.260. The van der Waals surface area contributed by atoms with Gasteiger partial charge in [-0.1, -0.05) is 97.1 Å². The molecular formula is C30H34O4. The Kier molecular flexibility index (Phi) is 9.05. The van der Waals surface area contributed by atoms with Crippen LogP contribution in [0.2, 0.25) is 0 Å². The van der Waals surface area contributed by atoms with Crippen LogP contribution < -0.4 is 0 Å². The first-order chi connectivity index (χ1) is 16.7. The van der Waals surface area contributed by atoms with E-state index in [1.165, 1.54) is 0 Å². The van der Waals surface area contributed by atoms with Crippen LogP contribution in [0.15, 0.2) is 104 Å². The van der Waals surface area contributed by atoms with E-state index in [4.69, 9.17) is 18.9 Å². The number of hydrogen-bond acceptors (Lipinski definition) is 4. The molecule has 4 nitrogen and oxygen atoms in total. The summed E-state index contributed by atoms with van der Waals surface area (Å²) in [5, 5.41) is 0. The summed E-state index contributed by atoms with van der Waals surface area (Å²) in [6.07, 6.45) is 1.40. The Morgan fingerprint density at radius 3 is 1.50 bits per heavy atom. The van der Waals surface area contributed by atoms with Crippen molar-refractivity contribution >= 4 is 0 Å². The molecule has 3 aromatic carbocycles. The normalized spacial score (nSPS) is 24.6. The van der Waals surface area contributed by atoms with Crippen molar-refractivity contribution in [3.63, 3.8) is 0 Å². The Bertz CT molecular complexity index is 976. The van der Waals surface area contributed by atoms with Gasteiger partial charge in [0, 0.05) is 0 Å². The second-order valence-corrected chi connectivity index (χ2v) is 8.69. The lowest BCUT2D eigenvalue weighted by atomic mass is 9.93. The van der Waals surface area contributed by atoms with Crippen molar-refractivity contribution < 1.29 is 18.9 Å². The Morgan fingerprint density at radius 1 is 0.647 bits per heavy atom. The van der Waals surface area contributed by atoms with E-state index in [0.29, 0.717) is 26.2 Å². The second-order valence-electron chi connectivity index (χ2n) is 8.69. The fourth-order valence-electron chi connectivity index (χ4n) is 4.37. The number of rotatable bonds is 11. The maximum absolute atomic E-state index is 6.55. The van der Waals surface area contributed by atoms with E-state index in [9.17, 15) is 0 Å². The highest BCUT2D eigenvalue weighted by molar-refractivity contribution is 5.15. The minimum atomic E-state index is -0.293. The topological polar surface area (TPSA) is 36.9 Å². The van der Waals surface area contributed by atoms with Crippen molar-refractivity contribution in [2.24, 2.45) is 0 Å². The van der Waals surface area contributed by atoms with Crippen molar-refractivity contribution in [3.8, 4) is 0 Å². The Hall–Kier alpha value is -2.76. The summed E-state index contributed by atoms with van der Waals surface area (Å²) < 4.78 is 25.9. The van der Waals surface area contributed by atoms with Crippen molar-refractivity contribution in [2.45, 2.75) is 63.7 Å². The van der Waals surface area contributed by atoms with E-state index in [1.54, 1.807) is 0 Å². The number of hydrogen-bond donors (Lipinski definition) is 0. The summed E-state index contributed by atoms with van der Waals surface area (Å²) in [6.45, 7) is 7.44. The lowest BCUT2D eigenvalue weighted by Crippen LogP contribution is -2.59. The van der Waals surface area contributed by atoms with Crippen LogP contribution >= 0.6 is 0 Å². The summed E-state index contributed by atoms with van der Waals surface area (Å²) in [5.41, 5.74) is 3.35. The zero-order chi connectivity index (χ0) is 23.6. The third kappa shape index (κ3) is 6.64. The maximum Gasteiger partial charge on any atom is 0.115 e. The maximum atomic E-state index is 6.55. The molecule has 4 rings (SSSR count). The van der Waals surface area contributed by atoms with Crippen molar-refractivity contribution in [3.05, 3.63) is 120 Å². The van der Waals surface area contributed by atoms with Gasteiger partial charge in [-0.15, -0.1) is 6.58 Å². The fraction of sp³-hybridized carbons (Fsp3) is 0.333. The Labute approximate surface area is 203 Å². The zero-order valence-electron chi connectivity index (χ0n) is 19.8. The van der Waals surface area contributed by atoms with Gasteiger partial charge >= 0.3 is 0 Å². The molecule has 0 aliphatic carbocycles. The molecule has 1 saturated heterocycles. The Balaban J connectivity index is 1.55. The van der Waals surface area contributed by atoms with Crippen LogP contribution in [-0.4, -0.2) is 30.5 Å². The van der Waals surface area contributed by atoms with Gasteiger partial charge in [0.1, 0.15) is 18.3 Å². The molecule has 0 amide bonds. The van der Waals surface area contributed by atoms with Gasteiger partial charge in [0.15, 0.2) is 0 Å². The minimum Gasteiger partial charge on any atom is -0.369 e. The molecule has 0 unspecified atom stereocenters. The molecule has 5 atom stereocenters. The second kappa shape index (κ2) is 12.6.